The van der Waals surface area contributed by atoms with E-state index >= 15 is 0 Å². The highest BCUT2D eigenvalue weighted by atomic mass is 16.3. The largest absolute Gasteiger partial charge is 0.385 e. The SMILES string of the molecule is Cn1c(CNC(=O)CC(C)(O)c2ccccc2)nc2ccccc21. The van der Waals surface area contributed by atoms with Gasteiger partial charge in [-0.1, -0.05) is 42.5 Å². The summed E-state index contributed by atoms with van der Waals surface area (Å²) >= 11 is 0. The Labute approximate surface area is 141 Å². The number of aryl methyl sites for hydroxylation is 1. The van der Waals surface area contributed by atoms with Crippen molar-refractivity contribution in [2.24, 2.45) is 7.05 Å². The molecule has 1 aromatic heterocycles. The van der Waals surface area contributed by atoms with Gasteiger partial charge < -0.3 is 15.0 Å². The van der Waals surface area contributed by atoms with Crippen LogP contribution in [0.1, 0.15) is 24.7 Å². The quantitative estimate of drug-likeness (QED) is 0.758. The van der Waals surface area contributed by atoms with E-state index in [1.165, 1.54) is 0 Å². The van der Waals surface area contributed by atoms with E-state index < -0.39 is 5.60 Å². The number of aromatic nitrogens is 2. The molecule has 0 spiro atoms. The molecule has 5 nitrogen and oxygen atoms in total. The van der Waals surface area contributed by atoms with Crippen LogP contribution in [0, 0.1) is 0 Å². The number of amides is 1. The van der Waals surface area contributed by atoms with Crippen molar-refractivity contribution in [1.29, 1.82) is 0 Å². The lowest BCUT2D eigenvalue weighted by molar-refractivity contribution is -0.126. The number of fused-ring (bicyclic) bond motifs is 1. The van der Waals surface area contributed by atoms with E-state index in [0.29, 0.717) is 6.54 Å². The van der Waals surface area contributed by atoms with Gasteiger partial charge >= 0.3 is 0 Å². The Morgan fingerprint density at radius 3 is 2.54 bits per heavy atom. The molecule has 1 amide bonds. The molecule has 2 aromatic carbocycles. The molecule has 0 aliphatic rings. The average Bonchev–Trinajstić information content (AvgIpc) is 2.90. The predicted octanol–water partition coefficient (Wildman–Crippen LogP) is 2.49. The van der Waals surface area contributed by atoms with Gasteiger partial charge in [0.25, 0.3) is 0 Å². The highest BCUT2D eigenvalue weighted by Gasteiger charge is 2.26. The fraction of sp³-hybridized carbons (Fsp3) is 0.263. The zero-order chi connectivity index (χ0) is 17.2. The van der Waals surface area contributed by atoms with Crippen LogP contribution in [0.2, 0.25) is 0 Å². The van der Waals surface area contributed by atoms with Gasteiger partial charge in [0.1, 0.15) is 5.82 Å². The van der Waals surface area contributed by atoms with E-state index in [-0.39, 0.29) is 12.3 Å². The van der Waals surface area contributed by atoms with Gasteiger partial charge in [-0.3, -0.25) is 4.79 Å². The van der Waals surface area contributed by atoms with E-state index in [1.807, 2.05) is 66.2 Å². The Hall–Kier alpha value is -2.66. The first-order valence-corrected chi connectivity index (χ1v) is 7.92. The summed E-state index contributed by atoms with van der Waals surface area (Å²) < 4.78 is 1.96. The lowest BCUT2D eigenvalue weighted by Gasteiger charge is -2.23. The monoisotopic (exact) mass is 323 g/mol. The van der Waals surface area contributed by atoms with Gasteiger partial charge in [-0.2, -0.15) is 0 Å². The second kappa shape index (κ2) is 6.45. The Kier molecular flexibility index (Phi) is 4.36. The molecule has 2 N–H and O–H groups in total. The number of hydrogen-bond donors (Lipinski definition) is 2. The fourth-order valence-electron chi connectivity index (χ4n) is 2.81. The van der Waals surface area contributed by atoms with Crippen LogP contribution in [0.5, 0.6) is 0 Å². The first kappa shape index (κ1) is 16.2. The first-order chi connectivity index (χ1) is 11.5. The van der Waals surface area contributed by atoms with Crippen molar-refractivity contribution >= 4 is 16.9 Å². The van der Waals surface area contributed by atoms with Crippen molar-refractivity contribution in [3.05, 3.63) is 66.0 Å². The third-order valence-electron chi connectivity index (χ3n) is 4.22. The Bertz CT molecular complexity index is 853. The molecule has 1 unspecified atom stereocenters. The van der Waals surface area contributed by atoms with E-state index in [4.69, 9.17) is 0 Å². The number of aliphatic hydroxyl groups is 1. The molecule has 1 heterocycles. The highest BCUT2D eigenvalue weighted by molar-refractivity contribution is 5.78. The van der Waals surface area contributed by atoms with Crippen molar-refractivity contribution in [2.75, 3.05) is 0 Å². The molecule has 3 aromatic rings. The van der Waals surface area contributed by atoms with Crippen molar-refractivity contribution < 1.29 is 9.90 Å². The predicted molar refractivity (Wildman–Crippen MR) is 93.2 cm³/mol. The van der Waals surface area contributed by atoms with Gasteiger partial charge in [0.2, 0.25) is 5.91 Å². The van der Waals surface area contributed by atoms with Gasteiger partial charge in [0, 0.05) is 7.05 Å². The summed E-state index contributed by atoms with van der Waals surface area (Å²) in [6, 6.07) is 17.1. The number of hydrogen-bond acceptors (Lipinski definition) is 3. The number of nitrogens with zero attached hydrogens (tertiary/aromatic N) is 2. The van der Waals surface area contributed by atoms with Crippen molar-refractivity contribution in [3.8, 4) is 0 Å². The van der Waals surface area contributed by atoms with E-state index in [1.54, 1.807) is 6.92 Å². The highest BCUT2D eigenvalue weighted by Crippen LogP contribution is 2.24. The van der Waals surface area contributed by atoms with Crippen LogP contribution in [-0.4, -0.2) is 20.6 Å². The summed E-state index contributed by atoms with van der Waals surface area (Å²) in [5, 5.41) is 13.4. The molecular weight excluding hydrogens is 302 g/mol. The van der Waals surface area contributed by atoms with Crippen LogP contribution in [0.25, 0.3) is 11.0 Å². The number of carbonyl (C=O) groups is 1. The molecule has 0 saturated heterocycles. The summed E-state index contributed by atoms with van der Waals surface area (Å²) in [6.07, 6.45) is 0.000948. The van der Waals surface area contributed by atoms with Crippen molar-refractivity contribution in [3.63, 3.8) is 0 Å². The molecule has 0 fully saturated rings. The zero-order valence-corrected chi connectivity index (χ0v) is 13.9. The molecule has 3 rings (SSSR count). The molecule has 0 radical (unpaired) electrons. The number of nitrogens with one attached hydrogen (secondary N) is 1. The second-order valence-corrected chi connectivity index (χ2v) is 6.17. The Morgan fingerprint density at radius 2 is 1.83 bits per heavy atom. The minimum absolute atomic E-state index is 0.000948. The van der Waals surface area contributed by atoms with Crippen molar-refractivity contribution in [2.45, 2.75) is 25.5 Å². The Morgan fingerprint density at radius 1 is 1.17 bits per heavy atom. The lowest BCUT2D eigenvalue weighted by atomic mass is 9.92. The van der Waals surface area contributed by atoms with Gasteiger partial charge in [-0.15, -0.1) is 0 Å². The summed E-state index contributed by atoms with van der Waals surface area (Å²) in [6.45, 7) is 1.98. The average molecular weight is 323 g/mol. The molecule has 0 bridgehead atoms. The lowest BCUT2D eigenvalue weighted by Crippen LogP contribution is -2.33. The third-order valence-corrected chi connectivity index (χ3v) is 4.22. The maximum Gasteiger partial charge on any atom is 0.223 e. The number of para-hydroxylation sites is 2. The minimum atomic E-state index is -1.20. The molecule has 5 heteroatoms. The van der Waals surface area contributed by atoms with Crippen LogP contribution < -0.4 is 5.32 Å². The van der Waals surface area contributed by atoms with Gasteiger partial charge in [-0.25, -0.2) is 4.98 Å². The van der Waals surface area contributed by atoms with E-state index in [0.717, 1.165) is 22.4 Å². The standard InChI is InChI=1S/C19H21N3O2/c1-19(24,14-8-4-3-5-9-14)12-18(23)20-13-17-21-15-10-6-7-11-16(15)22(17)2/h3-11,24H,12-13H2,1-2H3,(H,20,23). The second-order valence-electron chi connectivity index (χ2n) is 6.17. The van der Waals surface area contributed by atoms with Crippen molar-refractivity contribution in [1.82, 2.24) is 14.9 Å². The minimum Gasteiger partial charge on any atom is -0.385 e. The smallest absolute Gasteiger partial charge is 0.223 e. The third kappa shape index (κ3) is 3.31. The zero-order valence-electron chi connectivity index (χ0n) is 13.9. The first-order valence-electron chi connectivity index (χ1n) is 7.92. The maximum atomic E-state index is 12.2. The van der Waals surface area contributed by atoms with Gasteiger partial charge in [0.15, 0.2) is 0 Å². The van der Waals surface area contributed by atoms with E-state index in [9.17, 15) is 9.90 Å². The normalized spacial score (nSPS) is 13.6. The molecule has 0 aliphatic heterocycles. The van der Waals surface area contributed by atoms with Crippen LogP contribution in [0.3, 0.4) is 0 Å². The van der Waals surface area contributed by atoms with Crippen LogP contribution in [-0.2, 0) is 24.0 Å². The summed E-state index contributed by atoms with van der Waals surface area (Å²) in [5.41, 5.74) is 1.46. The molecule has 1 atom stereocenters. The molecule has 124 valence electrons. The Balaban J connectivity index is 1.66. The number of imidazole rings is 1. The maximum absolute atomic E-state index is 12.2. The van der Waals surface area contributed by atoms with Gasteiger partial charge in [-0.05, 0) is 24.6 Å². The van der Waals surface area contributed by atoms with Crippen LogP contribution in [0.15, 0.2) is 54.6 Å². The molecule has 0 saturated carbocycles. The van der Waals surface area contributed by atoms with Crippen LogP contribution in [0.4, 0.5) is 0 Å². The number of rotatable bonds is 5. The molecule has 0 aliphatic carbocycles. The molecule has 24 heavy (non-hydrogen) atoms. The molecular formula is C19H21N3O2. The summed E-state index contributed by atoms with van der Waals surface area (Å²) in [5.74, 6) is 0.569. The topological polar surface area (TPSA) is 67.2 Å². The van der Waals surface area contributed by atoms with E-state index in [2.05, 4.69) is 10.3 Å². The van der Waals surface area contributed by atoms with Gasteiger partial charge in [0.05, 0.1) is 29.6 Å². The summed E-state index contributed by atoms with van der Waals surface area (Å²) in [7, 11) is 1.93. The van der Waals surface area contributed by atoms with Crippen LogP contribution >= 0.6 is 0 Å². The fourth-order valence-corrected chi connectivity index (χ4v) is 2.81. The number of carbonyl (C=O) groups excluding carboxylic acids is 1. The number of benzene rings is 2. The summed E-state index contributed by atoms with van der Waals surface area (Å²) in [4.78, 5) is 16.7.